The van der Waals surface area contributed by atoms with Gasteiger partial charge in [-0.2, -0.15) is 0 Å². The SMILES string of the molecule is O=C(O)CCP(=O)(O)CN1CCN(CP(O)CO)CCN(C[P+](O)(O)CO)CC1. The largest absolute Gasteiger partial charge is 0.481 e. The van der Waals surface area contributed by atoms with Crippen molar-refractivity contribution < 1.29 is 44.3 Å². The van der Waals surface area contributed by atoms with Gasteiger partial charge in [-0.15, -0.1) is 0 Å². The fourth-order valence-corrected chi connectivity index (χ4v) is 6.34. The standard InChI is InChI=1S/C14H32N3O9P3/c18-12-27(22)9-15-2-4-16(10-28(23,24)8-1-14(20)21)6-7-17(5-3-15)11-29(25,26)13-19/h18-19,22,25-26H,1-13H2,(H-,20,21,23,24)/p+1. The van der Waals surface area contributed by atoms with E-state index in [-0.39, 0.29) is 31.4 Å². The molecule has 0 aliphatic carbocycles. The number of carbonyl (C=O) groups is 1. The van der Waals surface area contributed by atoms with Crippen molar-refractivity contribution in [2.75, 3.05) is 77.0 Å². The van der Waals surface area contributed by atoms with Crippen LogP contribution in [-0.2, 0) is 9.36 Å². The first-order valence-electron chi connectivity index (χ1n) is 9.14. The van der Waals surface area contributed by atoms with Crippen molar-refractivity contribution >= 4 is 29.2 Å². The number of hydrogen-bond acceptors (Lipinski definition) is 10. The number of nitrogens with zero attached hydrogens (tertiary/aromatic N) is 3. The van der Waals surface area contributed by atoms with E-state index in [2.05, 4.69) is 0 Å². The fourth-order valence-electron chi connectivity index (χ4n) is 2.90. The Labute approximate surface area is 172 Å². The van der Waals surface area contributed by atoms with Gasteiger partial charge in [0.05, 0.1) is 27.2 Å². The van der Waals surface area contributed by atoms with Crippen LogP contribution in [0, 0.1) is 0 Å². The minimum atomic E-state index is -3.69. The number of hydrogen-bond donors (Lipinski definition) is 7. The molecule has 29 heavy (non-hydrogen) atoms. The summed E-state index contributed by atoms with van der Waals surface area (Å²) < 4.78 is 12.4. The summed E-state index contributed by atoms with van der Waals surface area (Å²) in [5.41, 5.74) is 0. The molecule has 1 aliphatic heterocycles. The second kappa shape index (κ2) is 12.9. The van der Waals surface area contributed by atoms with Crippen molar-refractivity contribution in [2.24, 2.45) is 0 Å². The van der Waals surface area contributed by atoms with E-state index < -0.39 is 42.0 Å². The summed E-state index contributed by atoms with van der Waals surface area (Å²) in [5, 5.41) is 27.0. The monoisotopic (exact) mass is 480 g/mol. The van der Waals surface area contributed by atoms with E-state index in [0.717, 1.165) is 0 Å². The maximum Gasteiger partial charge on any atom is 0.307 e. The molecule has 1 rings (SSSR count). The lowest BCUT2D eigenvalue weighted by molar-refractivity contribution is -0.136. The third-order valence-electron chi connectivity index (χ3n) is 4.47. The summed E-state index contributed by atoms with van der Waals surface area (Å²) in [6.07, 6.45) is -1.85. The molecule has 0 saturated carbocycles. The topological polar surface area (TPSA) is 185 Å². The minimum absolute atomic E-state index is 0.116. The number of aliphatic hydroxyl groups excluding tert-OH is 2. The lowest BCUT2D eigenvalue weighted by atomic mass is 10.5. The summed E-state index contributed by atoms with van der Waals surface area (Å²) in [4.78, 5) is 55.7. The summed E-state index contributed by atoms with van der Waals surface area (Å²) in [5.74, 6) is -1.14. The van der Waals surface area contributed by atoms with Gasteiger partial charge < -0.3 is 25.1 Å². The highest BCUT2D eigenvalue weighted by molar-refractivity contribution is 7.64. The molecule has 0 aromatic rings. The highest BCUT2D eigenvalue weighted by Gasteiger charge is 2.35. The van der Waals surface area contributed by atoms with E-state index in [9.17, 15) is 28.9 Å². The maximum absolute atomic E-state index is 12.4. The summed E-state index contributed by atoms with van der Waals surface area (Å²) >= 11 is 0. The average Bonchev–Trinajstić information content (AvgIpc) is 2.72. The number of aliphatic hydroxyl groups is 2. The van der Waals surface area contributed by atoms with Crippen molar-refractivity contribution in [3.63, 3.8) is 0 Å². The van der Waals surface area contributed by atoms with Gasteiger partial charge in [0.15, 0.2) is 6.29 Å². The van der Waals surface area contributed by atoms with Crippen LogP contribution in [0.1, 0.15) is 6.42 Å². The molecule has 15 heteroatoms. The van der Waals surface area contributed by atoms with E-state index in [1.165, 1.54) is 0 Å². The quantitative estimate of drug-likeness (QED) is 0.173. The normalized spacial score (nSPS) is 21.7. The Morgan fingerprint density at radius 3 is 2.00 bits per heavy atom. The summed E-state index contributed by atoms with van der Waals surface area (Å²) in [6.45, 7) is 2.49. The van der Waals surface area contributed by atoms with Crippen LogP contribution in [0.3, 0.4) is 0 Å². The average molecular weight is 480 g/mol. The van der Waals surface area contributed by atoms with Crippen molar-refractivity contribution in [2.45, 2.75) is 6.42 Å². The molecule has 0 radical (unpaired) electrons. The first-order valence-corrected chi connectivity index (χ1v) is 14.9. The predicted octanol–water partition coefficient (Wildman–Crippen LogP) is -1.36. The second-order valence-corrected chi connectivity index (χ2v) is 13.5. The van der Waals surface area contributed by atoms with Crippen LogP contribution >= 0.6 is 23.2 Å². The molecule has 2 atom stereocenters. The van der Waals surface area contributed by atoms with Crippen molar-refractivity contribution in [3.8, 4) is 0 Å². The van der Waals surface area contributed by atoms with Gasteiger partial charge in [0, 0.05) is 51.7 Å². The van der Waals surface area contributed by atoms with Crippen LogP contribution in [0.25, 0.3) is 0 Å². The van der Waals surface area contributed by atoms with Gasteiger partial charge in [-0.3, -0.25) is 24.1 Å². The highest BCUT2D eigenvalue weighted by atomic mass is 31.2. The zero-order valence-corrected chi connectivity index (χ0v) is 19.0. The molecule has 1 aliphatic rings. The summed E-state index contributed by atoms with van der Waals surface area (Å²) in [6, 6.07) is 0. The molecule has 0 bridgehead atoms. The van der Waals surface area contributed by atoms with E-state index in [0.29, 0.717) is 39.3 Å². The van der Waals surface area contributed by atoms with Crippen molar-refractivity contribution in [1.82, 2.24) is 14.7 Å². The Morgan fingerprint density at radius 2 is 1.52 bits per heavy atom. The van der Waals surface area contributed by atoms with Gasteiger partial charge in [-0.1, -0.05) is 0 Å². The molecular weight excluding hydrogens is 447 g/mol. The number of carboxylic acids is 1. The molecule has 0 aromatic heterocycles. The first-order chi connectivity index (χ1) is 13.5. The number of rotatable bonds is 11. The fraction of sp³-hybridized carbons (Fsp3) is 0.929. The van der Waals surface area contributed by atoms with E-state index >= 15 is 0 Å². The smallest absolute Gasteiger partial charge is 0.307 e. The Morgan fingerprint density at radius 1 is 1.00 bits per heavy atom. The third kappa shape index (κ3) is 12.0. The number of carboxylic acid groups (broad SMARTS) is 1. The molecule has 172 valence electrons. The third-order valence-corrected chi connectivity index (χ3v) is 8.60. The Kier molecular flexibility index (Phi) is 12.1. The summed E-state index contributed by atoms with van der Waals surface area (Å²) in [7, 11) is -8.76. The molecule has 0 amide bonds. The van der Waals surface area contributed by atoms with Crippen LogP contribution in [0.5, 0.6) is 0 Å². The van der Waals surface area contributed by atoms with Crippen molar-refractivity contribution in [1.29, 1.82) is 0 Å². The van der Waals surface area contributed by atoms with Crippen LogP contribution in [0.15, 0.2) is 0 Å². The molecular formula is C14H33N3O9P3+. The van der Waals surface area contributed by atoms with Crippen LogP contribution < -0.4 is 0 Å². The molecule has 1 saturated heterocycles. The van der Waals surface area contributed by atoms with Crippen LogP contribution in [0.4, 0.5) is 0 Å². The highest BCUT2D eigenvalue weighted by Crippen LogP contribution is 2.49. The zero-order valence-electron chi connectivity index (χ0n) is 16.3. The van der Waals surface area contributed by atoms with E-state index in [1.54, 1.807) is 9.80 Å². The Balaban J connectivity index is 2.84. The minimum Gasteiger partial charge on any atom is -0.481 e. The van der Waals surface area contributed by atoms with Gasteiger partial charge in [0.25, 0.3) is 0 Å². The molecule has 12 nitrogen and oxygen atoms in total. The van der Waals surface area contributed by atoms with Crippen LogP contribution in [0.2, 0.25) is 0 Å². The van der Waals surface area contributed by atoms with Crippen LogP contribution in [-0.4, -0.2) is 133 Å². The lowest BCUT2D eigenvalue weighted by Crippen LogP contribution is -2.38. The molecule has 1 fully saturated rings. The Hall–Kier alpha value is 0.200. The lowest BCUT2D eigenvalue weighted by Gasteiger charge is -2.27. The molecule has 1 heterocycles. The second-order valence-electron chi connectivity index (χ2n) is 7.16. The molecule has 0 aromatic carbocycles. The van der Waals surface area contributed by atoms with Gasteiger partial charge in [0.2, 0.25) is 13.7 Å². The van der Waals surface area contributed by atoms with Gasteiger partial charge in [0.1, 0.15) is 0 Å². The van der Waals surface area contributed by atoms with Gasteiger partial charge in [-0.05, 0) is 0 Å². The first kappa shape index (κ1) is 27.2. The number of aliphatic carboxylic acids is 1. The van der Waals surface area contributed by atoms with Gasteiger partial charge >= 0.3 is 13.7 Å². The van der Waals surface area contributed by atoms with E-state index in [4.69, 9.17) is 15.3 Å². The molecule has 7 N–H and O–H groups in total. The van der Waals surface area contributed by atoms with Gasteiger partial charge in [-0.25, -0.2) is 9.79 Å². The Bertz CT molecular complexity index is 558. The maximum atomic E-state index is 12.4. The zero-order chi connectivity index (χ0) is 22.1. The molecule has 2 unspecified atom stereocenters. The van der Waals surface area contributed by atoms with Crippen molar-refractivity contribution in [3.05, 3.63) is 0 Å². The van der Waals surface area contributed by atoms with E-state index in [1.807, 2.05) is 4.90 Å². The predicted molar refractivity (Wildman–Crippen MR) is 111 cm³/mol. The molecule has 0 spiro atoms.